The number of carbonyl (C=O) groups excluding carboxylic acids is 1. The van der Waals surface area contributed by atoms with E-state index in [9.17, 15) is 9.18 Å². The zero-order chi connectivity index (χ0) is 19.5. The molecule has 0 spiro atoms. The Kier molecular flexibility index (Phi) is 5.43. The van der Waals surface area contributed by atoms with Gasteiger partial charge in [0.05, 0.1) is 5.69 Å². The van der Waals surface area contributed by atoms with Crippen molar-refractivity contribution in [2.24, 2.45) is 0 Å². The van der Waals surface area contributed by atoms with Crippen molar-refractivity contribution < 1.29 is 9.18 Å². The van der Waals surface area contributed by atoms with E-state index in [1.807, 2.05) is 23.1 Å². The molecule has 148 valence electrons. The molecule has 0 aliphatic carbocycles. The topological polar surface area (TPSA) is 42.9 Å². The van der Waals surface area contributed by atoms with Crippen LogP contribution < -0.4 is 9.80 Å². The third-order valence-corrected chi connectivity index (χ3v) is 5.58. The first kappa shape index (κ1) is 18.7. The van der Waals surface area contributed by atoms with Crippen LogP contribution in [-0.4, -0.2) is 80.1 Å². The summed E-state index contributed by atoms with van der Waals surface area (Å²) in [6.07, 6.45) is 1.71. The number of aromatic nitrogens is 1. The maximum Gasteiger partial charge on any atom is 0.254 e. The third kappa shape index (κ3) is 3.94. The van der Waals surface area contributed by atoms with Crippen LogP contribution >= 0.6 is 0 Å². The number of halogens is 1. The second kappa shape index (κ2) is 8.14. The predicted octanol–water partition coefficient (Wildman–Crippen LogP) is 1.93. The van der Waals surface area contributed by atoms with Gasteiger partial charge in [-0.1, -0.05) is 12.1 Å². The van der Waals surface area contributed by atoms with Crippen molar-refractivity contribution in [1.29, 1.82) is 0 Å². The number of para-hydroxylation sites is 1. The number of amides is 1. The largest absolute Gasteiger partial charge is 0.366 e. The van der Waals surface area contributed by atoms with E-state index in [1.165, 1.54) is 6.07 Å². The molecule has 0 unspecified atom stereocenters. The molecule has 0 bridgehead atoms. The molecule has 7 heteroatoms. The zero-order valence-electron chi connectivity index (χ0n) is 16.2. The van der Waals surface area contributed by atoms with Crippen molar-refractivity contribution in [3.05, 3.63) is 54.0 Å². The monoisotopic (exact) mass is 383 g/mol. The molecule has 28 heavy (non-hydrogen) atoms. The molecule has 2 aliphatic rings. The number of benzene rings is 1. The lowest BCUT2D eigenvalue weighted by atomic mass is 10.2. The van der Waals surface area contributed by atoms with Crippen molar-refractivity contribution in [3.63, 3.8) is 0 Å². The Balaban J connectivity index is 1.41. The molecule has 6 nitrogen and oxygen atoms in total. The molecule has 0 atom stereocenters. The Hall–Kier alpha value is -2.67. The molecule has 3 heterocycles. The molecular weight excluding hydrogens is 357 g/mol. The number of likely N-dealkylation sites (N-methyl/N-ethyl adjacent to an activating group) is 1. The van der Waals surface area contributed by atoms with Crippen LogP contribution in [0.5, 0.6) is 0 Å². The molecule has 0 saturated carbocycles. The summed E-state index contributed by atoms with van der Waals surface area (Å²) in [6.45, 7) is 6.26. The van der Waals surface area contributed by atoms with Gasteiger partial charge in [0.15, 0.2) is 0 Å². The highest BCUT2D eigenvalue weighted by Gasteiger charge is 2.23. The number of carbonyl (C=O) groups is 1. The van der Waals surface area contributed by atoms with E-state index in [-0.39, 0.29) is 11.7 Å². The van der Waals surface area contributed by atoms with E-state index in [2.05, 4.69) is 26.7 Å². The number of rotatable bonds is 3. The van der Waals surface area contributed by atoms with Crippen molar-refractivity contribution in [2.75, 3.05) is 69.2 Å². The zero-order valence-corrected chi connectivity index (χ0v) is 16.2. The Bertz CT molecular complexity index is 829. The fraction of sp³-hybridized carbons (Fsp3) is 0.429. The second-order valence-corrected chi connectivity index (χ2v) is 7.42. The Morgan fingerprint density at radius 2 is 1.61 bits per heavy atom. The minimum atomic E-state index is -0.186. The number of nitrogens with zero attached hydrogens (tertiary/aromatic N) is 5. The average molecular weight is 383 g/mol. The molecule has 1 amide bonds. The Morgan fingerprint density at radius 3 is 2.32 bits per heavy atom. The van der Waals surface area contributed by atoms with E-state index in [0.29, 0.717) is 11.3 Å². The van der Waals surface area contributed by atoms with Crippen molar-refractivity contribution in [3.8, 4) is 0 Å². The summed E-state index contributed by atoms with van der Waals surface area (Å²) in [6, 6.07) is 10.6. The van der Waals surface area contributed by atoms with Crippen LogP contribution in [0.15, 0.2) is 42.6 Å². The van der Waals surface area contributed by atoms with Gasteiger partial charge < -0.3 is 19.6 Å². The molecular formula is C21H26FN5O. The Morgan fingerprint density at radius 1 is 0.929 bits per heavy atom. The summed E-state index contributed by atoms with van der Waals surface area (Å²) in [5, 5.41) is 0. The number of piperazine rings is 2. The van der Waals surface area contributed by atoms with Gasteiger partial charge in [-0.3, -0.25) is 4.79 Å². The molecule has 2 aromatic rings. The molecule has 2 fully saturated rings. The highest BCUT2D eigenvalue weighted by atomic mass is 19.1. The van der Waals surface area contributed by atoms with Crippen LogP contribution in [0.25, 0.3) is 0 Å². The summed E-state index contributed by atoms with van der Waals surface area (Å²) in [4.78, 5) is 25.7. The van der Waals surface area contributed by atoms with Gasteiger partial charge in [-0.2, -0.15) is 0 Å². The van der Waals surface area contributed by atoms with Gasteiger partial charge in [-0.25, -0.2) is 9.37 Å². The van der Waals surface area contributed by atoms with Crippen molar-refractivity contribution in [2.45, 2.75) is 0 Å². The molecule has 2 aliphatic heterocycles. The van der Waals surface area contributed by atoms with Crippen LogP contribution in [-0.2, 0) is 0 Å². The molecule has 1 aromatic carbocycles. The Labute approximate surface area is 165 Å². The molecule has 4 rings (SSSR count). The summed E-state index contributed by atoms with van der Waals surface area (Å²) < 4.78 is 14.0. The summed E-state index contributed by atoms with van der Waals surface area (Å²) in [7, 11) is 2.08. The smallest absolute Gasteiger partial charge is 0.254 e. The maximum absolute atomic E-state index is 14.0. The van der Waals surface area contributed by atoms with Gasteiger partial charge in [0.25, 0.3) is 5.91 Å². The van der Waals surface area contributed by atoms with Gasteiger partial charge >= 0.3 is 0 Å². The summed E-state index contributed by atoms with van der Waals surface area (Å²) in [5.41, 5.74) is 1.33. The fourth-order valence-corrected chi connectivity index (χ4v) is 3.80. The number of pyridine rings is 1. The number of hydrogen-bond acceptors (Lipinski definition) is 5. The van der Waals surface area contributed by atoms with E-state index >= 15 is 0 Å². The van der Waals surface area contributed by atoms with Gasteiger partial charge in [0.2, 0.25) is 0 Å². The predicted molar refractivity (Wildman–Crippen MR) is 108 cm³/mol. The van der Waals surface area contributed by atoms with E-state index in [4.69, 9.17) is 0 Å². The molecule has 2 saturated heterocycles. The lowest BCUT2D eigenvalue weighted by Crippen LogP contribution is -2.48. The van der Waals surface area contributed by atoms with Gasteiger partial charge in [0, 0.05) is 64.1 Å². The normalized spacial score (nSPS) is 18.4. The number of anilines is 2. The van der Waals surface area contributed by atoms with Crippen LogP contribution in [0.3, 0.4) is 0 Å². The molecule has 0 radical (unpaired) electrons. The highest BCUT2D eigenvalue weighted by Crippen LogP contribution is 2.22. The van der Waals surface area contributed by atoms with E-state index in [0.717, 1.165) is 58.2 Å². The first-order chi connectivity index (χ1) is 13.6. The second-order valence-electron chi connectivity index (χ2n) is 7.42. The third-order valence-electron chi connectivity index (χ3n) is 5.58. The number of hydrogen-bond donors (Lipinski definition) is 0. The lowest BCUT2D eigenvalue weighted by Gasteiger charge is -2.37. The van der Waals surface area contributed by atoms with Crippen LogP contribution in [0.2, 0.25) is 0 Å². The highest BCUT2D eigenvalue weighted by molar-refractivity contribution is 5.95. The first-order valence-corrected chi connectivity index (χ1v) is 9.80. The fourth-order valence-electron chi connectivity index (χ4n) is 3.80. The molecule has 1 aromatic heterocycles. The van der Waals surface area contributed by atoms with E-state index in [1.54, 1.807) is 18.3 Å². The van der Waals surface area contributed by atoms with Crippen molar-refractivity contribution in [1.82, 2.24) is 14.8 Å². The van der Waals surface area contributed by atoms with Crippen molar-refractivity contribution >= 4 is 17.4 Å². The molecule has 0 N–H and O–H groups in total. The van der Waals surface area contributed by atoms with Crippen LogP contribution in [0.4, 0.5) is 15.9 Å². The standard InChI is InChI=1S/C21H26FN5O/c1-24-8-10-27(11-9-24)21(28)17-6-7-23-20(16-17)26-14-12-25(13-15-26)19-5-3-2-4-18(19)22/h2-7,16H,8-15H2,1H3. The minimum Gasteiger partial charge on any atom is -0.366 e. The van der Waals surface area contributed by atoms with Gasteiger partial charge in [-0.15, -0.1) is 0 Å². The summed E-state index contributed by atoms with van der Waals surface area (Å²) in [5.74, 6) is 0.698. The summed E-state index contributed by atoms with van der Waals surface area (Å²) >= 11 is 0. The lowest BCUT2D eigenvalue weighted by molar-refractivity contribution is 0.0664. The quantitative estimate of drug-likeness (QED) is 0.810. The minimum absolute atomic E-state index is 0.0711. The van der Waals surface area contributed by atoms with Crippen LogP contribution in [0.1, 0.15) is 10.4 Å². The first-order valence-electron chi connectivity index (χ1n) is 9.80. The average Bonchev–Trinajstić information content (AvgIpc) is 2.74. The van der Waals surface area contributed by atoms with Crippen LogP contribution in [0, 0.1) is 5.82 Å². The SMILES string of the molecule is CN1CCN(C(=O)c2ccnc(N3CCN(c4ccccc4F)CC3)c2)CC1. The van der Waals surface area contributed by atoms with Gasteiger partial charge in [0.1, 0.15) is 11.6 Å². The maximum atomic E-state index is 14.0. The van der Waals surface area contributed by atoms with E-state index < -0.39 is 0 Å². The van der Waals surface area contributed by atoms with Gasteiger partial charge in [-0.05, 0) is 31.3 Å².